The number of carbonyl (C=O) groups is 1. The monoisotopic (exact) mass is 428 g/mol. The van der Waals surface area contributed by atoms with Crippen LogP contribution in [0.1, 0.15) is 15.9 Å². The minimum absolute atomic E-state index is 0.117. The summed E-state index contributed by atoms with van der Waals surface area (Å²) in [6.07, 6.45) is 0. The molecular weight excluding hydrogens is 411 g/mol. The summed E-state index contributed by atoms with van der Waals surface area (Å²) in [5.41, 5.74) is 1.28. The maximum atomic E-state index is 12.9. The average Bonchev–Trinajstić information content (AvgIpc) is 2.65. The molecule has 144 valence electrons. The molecule has 6 nitrogen and oxygen atoms in total. The van der Waals surface area contributed by atoms with Crippen LogP contribution >= 0.6 is 23.2 Å². The van der Waals surface area contributed by atoms with Crippen molar-refractivity contribution in [2.24, 2.45) is 0 Å². The number of rotatable bonds is 4. The van der Waals surface area contributed by atoms with Gasteiger partial charge in [-0.25, -0.2) is 8.42 Å². The van der Waals surface area contributed by atoms with Crippen LogP contribution in [0.25, 0.3) is 0 Å². The van der Waals surface area contributed by atoms with Crippen LogP contribution in [-0.4, -0.2) is 44.9 Å². The fraction of sp³-hybridized carbons (Fsp3) is 0.278. The van der Waals surface area contributed by atoms with Gasteiger partial charge in [-0.2, -0.15) is 4.31 Å². The molecule has 1 aliphatic heterocycles. The first kappa shape index (κ1) is 20.1. The molecule has 27 heavy (non-hydrogen) atoms. The van der Waals surface area contributed by atoms with E-state index in [0.717, 1.165) is 0 Å². The zero-order chi connectivity index (χ0) is 19.6. The molecule has 0 atom stereocenters. The number of anilines is 1. The van der Waals surface area contributed by atoms with E-state index in [2.05, 4.69) is 5.32 Å². The highest BCUT2D eigenvalue weighted by atomic mass is 35.5. The van der Waals surface area contributed by atoms with Gasteiger partial charge >= 0.3 is 0 Å². The number of aryl methyl sites for hydroxylation is 1. The number of halogens is 2. The minimum atomic E-state index is -3.70. The third kappa shape index (κ3) is 4.44. The Morgan fingerprint density at radius 2 is 1.78 bits per heavy atom. The second kappa shape index (κ2) is 8.16. The van der Waals surface area contributed by atoms with Gasteiger partial charge in [0.1, 0.15) is 0 Å². The minimum Gasteiger partial charge on any atom is -0.379 e. The van der Waals surface area contributed by atoms with Gasteiger partial charge in [-0.15, -0.1) is 0 Å². The van der Waals surface area contributed by atoms with Crippen molar-refractivity contribution in [3.8, 4) is 0 Å². The zero-order valence-electron chi connectivity index (χ0n) is 14.5. The SMILES string of the molecule is Cc1ccc(C(=O)Nc2ccc(Cl)c(Cl)c2)cc1S(=O)(=O)N1CCOCC1. The lowest BCUT2D eigenvalue weighted by Crippen LogP contribution is -2.40. The van der Waals surface area contributed by atoms with Crippen molar-refractivity contribution in [3.63, 3.8) is 0 Å². The molecule has 0 saturated carbocycles. The van der Waals surface area contributed by atoms with Gasteiger partial charge in [-0.05, 0) is 42.8 Å². The number of nitrogens with zero attached hydrogens (tertiary/aromatic N) is 1. The van der Waals surface area contributed by atoms with E-state index in [9.17, 15) is 13.2 Å². The molecule has 9 heteroatoms. The lowest BCUT2D eigenvalue weighted by atomic mass is 10.1. The molecule has 0 bridgehead atoms. The van der Waals surface area contributed by atoms with E-state index in [4.69, 9.17) is 27.9 Å². The first-order chi connectivity index (χ1) is 12.8. The second-order valence-electron chi connectivity index (χ2n) is 6.08. The molecule has 0 unspecified atom stereocenters. The quantitative estimate of drug-likeness (QED) is 0.807. The van der Waals surface area contributed by atoms with Gasteiger partial charge in [-0.3, -0.25) is 4.79 Å². The zero-order valence-corrected chi connectivity index (χ0v) is 16.9. The van der Waals surface area contributed by atoms with Crippen molar-refractivity contribution in [1.82, 2.24) is 4.31 Å². The largest absolute Gasteiger partial charge is 0.379 e. The summed E-state index contributed by atoms with van der Waals surface area (Å²) in [6, 6.07) is 9.32. The normalized spacial score (nSPS) is 15.5. The summed E-state index contributed by atoms with van der Waals surface area (Å²) in [7, 11) is -3.70. The average molecular weight is 429 g/mol. The summed E-state index contributed by atoms with van der Waals surface area (Å²) >= 11 is 11.8. The number of carbonyl (C=O) groups excluding carboxylic acids is 1. The molecular formula is C18H18Cl2N2O4S. The van der Waals surface area contributed by atoms with E-state index in [1.54, 1.807) is 31.2 Å². The summed E-state index contributed by atoms with van der Waals surface area (Å²) in [5, 5.41) is 3.39. The second-order valence-corrected chi connectivity index (χ2v) is 8.80. The van der Waals surface area contributed by atoms with Crippen LogP contribution in [-0.2, 0) is 14.8 Å². The Kier molecular flexibility index (Phi) is 6.08. The van der Waals surface area contributed by atoms with E-state index < -0.39 is 15.9 Å². The van der Waals surface area contributed by atoms with Crippen LogP contribution < -0.4 is 5.32 Å². The molecule has 1 aliphatic rings. The van der Waals surface area contributed by atoms with E-state index in [1.165, 1.54) is 16.4 Å². The fourth-order valence-corrected chi connectivity index (χ4v) is 4.68. The van der Waals surface area contributed by atoms with Crippen LogP contribution in [0.4, 0.5) is 5.69 Å². The molecule has 3 rings (SSSR count). The molecule has 2 aromatic carbocycles. The van der Waals surface area contributed by atoms with Gasteiger partial charge in [0.05, 0.1) is 28.2 Å². The third-order valence-electron chi connectivity index (χ3n) is 4.22. The molecule has 1 fully saturated rings. The number of hydrogen-bond acceptors (Lipinski definition) is 4. The van der Waals surface area contributed by atoms with Crippen molar-refractivity contribution in [2.45, 2.75) is 11.8 Å². The number of hydrogen-bond donors (Lipinski definition) is 1. The molecule has 0 aliphatic carbocycles. The highest BCUT2D eigenvalue weighted by Gasteiger charge is 2.28. The Morgan fingerprint density at radius 1 is 1.07 bits per heavy atom. The maximum absolute atomic E-state index is 12.9. The summed E-state index contributed by atoms with van der Waals surface area (Å²) in [5.74, 6) is -0.438. The fourth-order valence-electron chi connectivity index (χ4n) is 2.72. The predicted octanol–water partition coefficient (Wildman–Crippen LogP) is 3.58. The van der Waals surface area contributed by atoms with E-state index >= 15 is 0 Å². The maximum Gasteiger partial charge on any atom is 0.255 e. The molecule has 1 amide bonds. The van der Waals surface area contributed by atoms with Gasteiger partial charge in [0.15, 0.2) is 0 Å². The van der Waals surface area contributed by atoms with E-state index in [-0.39, 0.29) is 10.5 Å². The Balaban J connectivity index is 1.88. The number of amides is 1. The summed E-state index contributed by atoms with van der Waals surface area (Å²) in [4.78, 5) is 12.7. The molecule has 2 aromatic rings. The lowest BCUT2D eigenvalue weighted by Gasteiger charge is -2.26. The molecule has 0 aromatic heterocycles. The number of benzene rings is 2. The number of sulfonamides is 1. The number of nitrogens with one attached hydrogen (secondary N) is 1. The Bertz CT molecular complexity index is 973. The van der Waals surface area contributed by atoms with Crippen LogP contribution in [0.15, 0.2) is 41.3 Å². The van der Waals surface area contributed by atoms with Gasteiger partial charge < -0.3 is 10.1 Å². The topological polar surface area (TPSA) is 75.7 Å². The Morgan fingerprint density at radius 3 is 2.44 bits per heavy atom. The highest BCUT2D eigenvalue weighted by Crippen LogP contribution is 2.26. The highest BCUT2D eigenvalue weighted by molar-refractivity contribution is 7.89. The van der Waals surface area contributed by atoms with Crippen molar-refractivity contribution < 1.29 is 17.9 Å². The Hall–Kier alpha value is -1.64. The molecule has 0 spiro atoms. The van der Waals surface area contributed by atoms with Crippen LogP contribution in [0.2, 0.25) is 10.0 Å². The third-order valence-corrected chi connectivity index (χ3v) is 7.00. The summed E-state index contributed by atoms with van der Waals surface area (Å²) in [6.45, 7) is 3.00. The number of ether oxygens (including phenoxy) is 1. The van der Waals surface area contributed by atoms with Crippen LogP contribution in [0.5, 0.6) is 0 Å². The lowest BCUT2D eigenvalue weighted by molar-refractivity contribution is 0.0730. The van der Waals surface area contributed by atoms with E-state index in [1.807, 2.05) is 0 Å². The van der Waals surface area contributed by atoms with E-state index in [0.29, 0.717) is 47.6 Å². The van der Waals surface area contributed by atoms with Gasteiger partial charge in [0, 0.05) is 24.3 Å². The van der Waals surface area contributed by atoms with Crippen LogP contribution in [0.3, 0.4) is 0 Å². The first-order valence-corrected chi connectivity index (χ1v) is 10.4. The molecule has 1 N–H and O–H groups in total. The first-order valence-electron chi connectivity index (χ1n) is 8.24. The standard InChI is InChI=1S/C18H18Cl2N2O4S/c1-12-2-3-13(18(23)21-14-4-5-15(19)16(20)11-14)10-17(12)27(24,25)22-6-8-26-9-7-22/h2-5,10-11H,6-9H2,1H3,(H,21,23). The molecule has 1 heterocycles. The van der Waals surface area contributed by atoms with Gasteiger partial charge in [0.2, 0.25) is 10.0 Å². The van der Waals surface area contributed by atoms with Crippen molar-refractivity contribution in [2.75, 3.05) is 31.6 Å². The van der Waals surface area contributed by atoms with Crippen LogP contribution in [0, 0.1) is 6.92 Å². The van der Waals surface area contributed by atoms with Crippen molar-refractivity contribution in [1.29, 1.82) is 0 Å². The van der Waals surface area contributed by atoms with Crippen molar-refractivity contribution in [3.05, 3.63) is 57.6 Å². The number of morpholine rings is 1. The molecule has 1 saturated heterocycles. The van der Waals surface area contributed by atoms with Gasteiger partial charge in [0.25, 0.3) is 5.91 Å². The van der Waals surface area contributed by atoms with Gasteiger partial charge in [-0.1, -0.05) is 29.3 Å². The smallest absolute Gasteiger partial charge is 0.255 e. The van der Waals surface area contributed by atoms with Crippen molar-refractivity contribution >= 4 is 44.8 Å². The predicted molar refractivity (Wildman–Crippen MR) is 105 cm³/mol. The Labute approximate surface area is 168 Å². The summed E-state index contributed by atoms with van der Waals surface area (Å²) < 4.78 is 32.5. The molecule has 0 radical (unpaired) electrons.